The van der Waals surface area contributed by atoms with Crippen molar-refractivity contribution < 1.29 is 18.9 Å². The van der Waals surface area contributed by atoms with Crippen molar-refractivity contribution in [3.05, 3.63) is 107 Å². The van der Waals surface area contributed by atoms with Crippen molar-refractivity contribution in [1.82, 2.24) is 0 Å². The van der Waals surface area contributed by atoms with Crippen LogP contribution in [0.1, 0.15) is 22.3 Å². The van der Waals surface area contributed by atoms with Crippen LogP contribution >= 0.6 is 0 Å². The second-order valence-corrected chi connectivity index (χ2v) is 7.67. The summed E-state index contributed by atoms with van der Waals surface area (Å²) in [5, 5.41) is 0. The van der Waals surface area contributed by atoms with Gasteiger partial charge in [-0.2, -0.15) is 0 Å². The van der Waals surface area contributed by atoms with Crippen LogP contribution in [0.2, 0.25) is 0 Å². The first-order valence-corrected chi connectivity index (χ1v) is 10.2. The number of ether oxygens (including phenoxy) is 4. The summed E-state index contributed by atoms with van der Waals surface area (Å²) in [6.45, 7) is 0. The summed E-state index contributed by atoms with van der Waals surface area (Å²) < 4.78 is 23.7. The number of fused-ring (bicyclic) bond motifs is 8. The molecule has 4 aromatic rings. The predicted octanol–water partition coefficient (Wildman–Crippen LogP) is 6.30. The van der Waals surface area contributed by atoms with E-state index in [0.717, 1.165) is 56.8 Å². The van der Waals surface area contributed by atoms with Crippen LogP contribution in [0.3, 0.4) is 0 Å². The minimum Gasteiger partial charge on any atom is -0.497 e. The van der Waals surface area contributed by atoms with Crippen LogP contribution in [0, 0.1) is 0 Å². The molecule has 2 aliphatic heterocycles. The van der Waals surface area contributed by atoms with E-state index < -0.39 is 5.41 Å². The van der Waals surface area contributed by atoms with Crippen molar-refractivity contribution in [2.75, 3.05) is 14.2 Å². The molecule has 31 heavy (non-hydrogen) atoms. The first-order valence-electron chi connectivity index (χ1n) is 10.2. The average molecular weight is 408 g/mol. The third kappa shape index (κ3) is 2.36. The standard InChI is InChI=1S/C27H20O4/c1-28-17-11-13-21-25(15-17)30-23-9-5-3-7-19(23)27(21)20-8-4-6-10-24(20)31-26-16-18(29-2)12-14-22(26)27/h3-16H,1-2H3. The quantitative estimate of drug-likeness (QED) is 0.337. The van der Waals surface area contributed by atoms with E-state index in [-0.39, 0.29) is 0 Å². The zero-order valence-electron chi connectivity index (χ0n) is 17.2. The Hall–Kier alpha value is -3.92. The van der Waals surface area contributed by atoms with E-state index in [0.29, 0.717) is 0 Å². The second kappa shape index (κ2) is 6.54. The Morgan fingerprint density at radius 1 is 0.516 bits per heavy atom. The van der Waals surface area contributed by atoms with Gasteiger partial charge in [0.1, 0.15) is 34.5 Å². The molecule has 0 saturated carbocycles. The van der Waals surface area contributed by atoms with Gasteiger partial charge >= 0.3 is 0 Å². The van der Waals surface area contributed by atoms with Crippen LogP contribution < -0.4 is 18.9 Å². The van der Waals surface area contributed by atoms with Gasteiger partial charge in [0.2, 0.25) is 0 Å². The molecule has 2 heterocycles. The van der Waals surface area contributed by atoms with E-state index in [1.54, 1.807) is 14.2 Å². The highest BCUT2D eigenvalue weighted by atomic mass is 16.5. The van der Waals surface area contributed by atoms with Crippen LogP contribution in [0.25, 0.3) is 0 Å². The average Bonchev–Trinajstić information content (AvgIpc) is 2.83. The van der Waals surface area contributed by atoms with Gasteiger partial charge in [0.05, 0.1) is 19.6 Å². The molecule has 0 N–H and O–H groups in total. The largest absolute Gasteiger partial charge is 0.497 e. The van der Waals surface area contributed by atoms with Gasteiger partial charge in [-0.25, -0.2) is 0 Å². The van der Waals surface area contributed by atoms with E-state index in [1.807, 2.05) is 48.5 Å². The molecule has 6 rings (SSSR count). The van der Waals surface area contributed by atoms with Crippen molar-refractivity contribution >= 4 is 0 Å². The van der Waals surface area contributed by atoms with Gasteiger partial charge in [0, 0.05) is 34.4 Å². The molecular formula is C27H20O4. The lowest BCUT2D eigenvalue weighted by Crippen LogP contribution is -2.36. The summed E-state index contributed by atoms with van der Waals surface area (Å²) in [5.41, 5.74) is 3.67. The third-order valence-corrected chi connectivity index (χ3v) is 6.21. The van der Waals surface area contributed by atoms with Crippen molar-refractivity contribution in [2.45, 2.75) is 5.41 Å². The van der Waals surface area contributed by atoms with E-state index in [2.05, 4.69) is 36.4 Å². The number of hydrogen-bond donors (Lipinski definition) is 0. The van der Waals surface area contributed by atoms with Gasteiger partial charge in [-0.05, 0) is 24.3 Å². The fraction of sp³-hybridized carbons (Fsp3) is 0.111. The van der Waals surface area contributed by atoms with Crippen LogP contribution in [0.4, 0.5) is 0 Å². The summed E-state index contributed by atoms with van der Waals surface area (Å²) in [5.74, 6) is 4.70. The molecule has 4 heteroatoms. The van der Waals surface area contributed by atoms with Crippen LogP contribution in [0.15, 0.2) is 84.9 Å². The second-order valence-electron chi connectivity index (χ2n) is 7.67. The highest BCUT2D eigenvalue weighted by molar-refractivity contribution is 5.75. The lowest BCUT2D eigenvalue weighted by molar-refractivity contribution is 0.383. The highest BCUT2D eigenvalue weighted by Crippen LogP contribution is 2.61. The minimum absolute atomic E-state index is 0.590. The van der Waals surface area contributed by atoms with Crippen LogP contribution in [-0.4, -0.2) is 14.2 Å². The molecule has 0 atom stereocenters. The number of rotatable bonds is 2. The first kappa shape index (κ1) is 17.9. The molecule has 2 aliphatic rings. The molecule has 0 bridgehead atoms. The molecule has 0 aliphatic carbocycles. The van der Waals surface area contributed by atoms with Crippen molar-refractivity contribution in [1.29, 1.82) is 0 Å². The number of hydrogen-bond acceptors (Lipinski definition) is 4. The molecule has 0 radical (unpaired) electrons. The lowest BCUT2D eigenvalue weighted by atomic mass is 9.62. The Balaban J connectivity index is 1.79. The molecular weight excluding hydrogens is 388 g/mol. The Kier molecular flexibility index (Phi) is 3.78. The monoisotopic (exact) mass is 408 g/mol. The fourth-order valence-electron chi connectivity index (χ4n) is 4.89. The molecule has 4 nitrogen and oxygen atoms in total. The van der Waals surface area contributed by atoms with Crippen molar-refractivity contribution in [3.8, 4) is 34.5 Å². The predicted molar refractivity (Wildman–Crippen MR) is 118 cm³/mol. The Bertz CT molecular complexity index is 1220. The maximum Gasteiger partial charge on any atom is 0.135 e. The lowest BCUT2D eigenvalue weighted by Gasteiger charge is -2.44. The maximum absolute atomic E-state index is 6.38. The normalized spacial score (nSPS) is 14.3. The third-order valence-electron chi connectivity index (χ3n) is 6.21. The van der Waals surface area contributed by atoms with E-state index in [1.165, 1.54) is 0 Å². The molecule has 0 saturated heterocycles. The van der Waals surface area contributed by atoms with Gasteiger partial charge < -0.3 is 18.9 Å². The zero-order chi connectivity index (χ0) is 21.0. The summed E-state index contributed by atoms with van der Waals surface area (Å²) in [6, 6.07) is 28.5. The molecule has 4 aromatic carbocycles. The van der Waals surface area contributed by atoms with Gasteiger partial charge in [-0.15, -0.1) is 0 Å². The Labute approximate surface area is 180 Å². The fourth-order valence-corrected chi connectivity index (χ4v) is 4.89. The van der Waals surface area contributed by atoms with Crippen LogP contribution in [0.5, 0.6) is 34.5 Å². The summed E-state index contributed by atoms with van der Waals surface area (Å²) in [6.07, 6.45) is 0. The van der Waals surface area contributed by atoms with Crippen molar-refractivity contribution in [3.63, 3.8) is 0 Å². The number of methoxy groups -OCH3 is 2. The Morgan fingerprint density at radius 3 is 1.39 bits per heavy atom. The number of para-hydroxylation sites is 2. The van der Waals surface area contributed by atoms with Crippen LogP contribution in [-0.2, 0) is 5.41 Å². The van der Waals surface area contributed by atoms with Crippen molar-refractivity contribution in [2.24, 2.45) is 0 Å². The SMILES string of the molecule is COc1ccc2c(c1)Oc1ccccc1C21c2ccccc2Oc2cc(OC)ccc21. The molecule has 0 amide bonds. The van der Waals surface area contributed by atoms with E-state index in [9.17, 15) is 0 Å². The van der Waals surface area contributed by atoms with Gasteiger partial charge in [-0.1, -0.05) is 48.5 Å². The number of benzene rings is 4. The van der Waals surface area contributed by atoms with E-state index >= 15 is 0 Å². The smallest absolute Gasteiger partial charge is 0.135 e. The first-order chi connectivity index (χ1) is 15.3. The van der Waals surface area contributed by atoms with Gasteiger partial charge in [-0.3, -0.25) is 0 Å². The van der Waals surface area contributed by atoms with Gasteiger partial charge in [0.25, 0.3) is 0 Å². The maximum atomic E-state index is 6.38. The summed E-state index contributed by atoms with van der Waals surface area (Å²) in [7, 11) is 3.33. The Morgan fingerprint density at radius 2 is 0.935 bits per heavy atom. The summed E-state index contributed by atoms with van der Waals surface area (Å²) >= 11 is 0. The molecule has 152 valence electrons. The highest BCUT2D eigenvalue weighted by Gasteiger charge is 2.50. The molecule has 0 aromatic heterocycles. The molecule has 0 fully saturated rings. The molecule has 0 unspecified atom stereocenters. The minimum atomic E-state index is -0.590. The summed E-state index contributed by atoms with van der Waals surface area (Å²) in [4.78, 5) is 0. The zero-order valence-corrected chi connectivity index (χ0v) is 17.2. The van der Waals surface area contributed by atoms with Gasteiger partial charge in [0.15, 0.2) is 0 Å². The topological polar surface area (TPSA) is 36.9 Å². The van der Waals surface area contributed by atoms with E-state index in [4.69, 9.17) is 18.9 Å². The molecule has 1 spiro atoms.